The van der Waals surface area contributed by atoms with Crippen molar-refractivity contribution in [2.75, 3.05) is 0 Å². The van der Waals surface area contributed by atoms with Gasteiger partial charge >= 0.3 is 0 Å². The van der Waals surface area contributed by atoms with Gasteiger partial charge in [0.05, 0.1) is 11.0 Å². The minimum absolute atomic E-state index is 0.215. The highest BCUT2D eigenvalue weighted by molar-refractivity contribution is 7.08. The Bertz CT molecular complexity index is 1060. The average Bonchev–Trinajstić information content (AvgIpc) is 3.27. The molecule has 0 atom stereocenters. The van der Waals surface area contributed by atoms with E-state index in [2.05, 4.69) is 45.7 Å². The Morgan fingerprint density at radius 2 is 1.79 bits per heavy atom. The smallest absolute Gasteiger partial charge is 0.166 e. The molecule has 0 spiro atoms. The van der Waals surface area contributed by atoms with Crippen molar-refractivity contribution in [3.63, 3.8) is 0 Å². The Morgan fingerprint density at radius 1 is 0.958 bits per heavy atom. The molecule has 5 rings (SSSR count). The lowest BCUT2D eigenvalue weighted by molar-refractivity contribution is 0.0973. The van der Waals surface area contributed by atoms with Gasteiger partial charge in [0.2, 0.25) is 0 Å². The standard InChI is InChI=1S/C20H14N2OS/c23-18-8-10-22-19-16(18)2-1-3-17(19)21-20(22)14-6-4-13(5-7-14)15-9-11-24-12-15/h1-7,9,11-12H,8,10H2. The first-order chi connectivity index (χ1) is 11.8. The fourth-order valence-electron chi connectivity index (χ4n) is 3.44. The maximum atomic E-state index is 12.2. The summed E-state index contributed by atoms with van der Waals surface area (Å²) >= 11 is 1.71. The molecule has 0 N–H and O–H groups in total. The van der Waals surface area contributed by atoms with Crippen molar-refractivity contribution in [3.05, 3.63) is 64.9 Å². The molecule has 0 amide bonds. The van der Waals surface area contributed by atoms with Gasteiger partial charge < -0.3 is 4.57 Å². The number of Topliss-reactive ketones (excluding diaryl/α,β-unsaturated/α-hetero) is 1. The van der Waals surface area contributed by atoms with Gasteiger partial charge in [-0.2, -0.15) is 11.3 Å². The predicted molar refractivity (Wildman–Crippen MR) is 97.4 cm³/mol. The molecule has 1 aliphatic heterocycles. The molecule has 0 fully saturated rings. The fraction of sp³-hybridized carbons (Fsp3) is 0.100. The lowest BCUT2D eigenvalue weighted by Gasteiger charge is -2.15. The van der Waals surface area contributed by atoms with E-state index in [0.29, 0.717) is 13.0 Å². The van der Waals surface area contributed by atoms with Crippen LogP contribution < -0.4 is 0 Å². The van der Waals surface area contributed by atoms with Crippen molar-refractivity contribution in [2.45, 2.75) is 13.0 Å². The molecule has 1 aliphatic rings. The van der Waals surface area contributed by atoms with Gasteiger partial charge in [-0.1, -0.05) is 30.3 Å². The lowest BCUT2D eigenvalue weighted by Crippen LogP contribution is -2.14. The van der Waals surface area contributed by atoms with Gasteiger partial charge in [0, 0.05) is 24.1 Å². The number of carbonyl (C=O) groups is 1. The molecule has 0 radical (unpaired) electrons. The van der Waals surface area contributed by atoms with Crippen LogP contribution in [0.5, 0.6) is 0 Å². The predicted octanol–water partition coefficient (Wildman–Crippen LogP) is 5.02. The summed E-state index contributed by atoms with van der Waals surface area (Å²) in [6.07, 6.45) is 0.544. The molecule has 0 aliphatic carbocycles. The largest absolute Gasteiger partial charge is 0.323 e. The van der Waals surface area contributed by atoms with Gasteiger partial charge in [0.25, 0.3) is 0 Å². The van der Waals surface area contributed by atoms with Crippen molar-refractivity contribution in [1.29, 1.82) is 0 Å². The first-order valence-electron chi connectivity index (χ1n) is 7.97. The number of rotatable bonds is 2. The molecular formula is C20H14N2OS. The van der Waals surface area contributed by atoms with Gasteiger partial charge in [0.15, 0.2) is 5.78 Å². The first-order valence-corrected chi connectivity index (χ1v) is 8.91. The fourth-order valence-corrected chi connectivity index (χ4v) is 4.10. The zero-order valence-corrected chi connectivity index (χ0v) is 13.7. The van der Waals surface area contributed by atoms with E-state index in [4.69, 9.17) is 4.98 Å². The average molecular weight is 330 g/mol. The van der Waals surface area contributed by atoms with Gasteiger partial charge in [-0.3, -0.25) is 4.79 Å². The molecule has 3 nitrogen and oxygen atoms in total. The number of hydrogen-bond donors (Lipinski definition) is 0. The van der Waals surface area contributed by atoms with Gasteiger partial charge in [-0.05, 0) is 40.1 Å². The third-order valence-electron chi connectivity index (χ3n) is 4.63. The first kappa shape index (κ1) is 13.7. The molecule has 2 aromatic carbocycles. The summed E-state index contributed by atoms with van der Waals surface area (Å²) in [4.78, 5) is 16.9. The zero-order chi connectivity index (χ0) is 16.1. The number of thiophene rings is 1. The van der Waals surface area contributed by atoms with Crippen LogP contribution in [0.4, 0.5) is 0 Å². The second-order valence-electron chi connectivity index (χ2n) is 6.02. The van der Waals surface area contributed by atoms with E-state index < -0.39 is 0 Å². The van der Waals surface area contributed by atoms with E-state index >= 15 is 0 Å². The number of para-hydroxylation sites is 1. The molecule has 4 aromatic rings. The summed E-state index contributed by atoms with van der Waals surface area (Å²) in [7, 11) is 0. The number of nitrogens with zero attached hydrogens (tertiary/aromatic N) is 2. The van der Waals surface area contributed by atoms with E-state index in [1.165, 1.54) is 11.1 Å². The highest BCUT2D eigenvalue weighted by Crippen LogP contribution is 2.32. The molecule has 0 unspecified atom stereocenters. The molecule has 0 bridgehead atoms. The van der Waals surface area contributed by atoms with Gasteiger partial charge in [-0.25, -0.2) is 4.98 Å². The van der Waals surface area contributed by atoms with Crippen LogP contribution in [0.2, 0.25) is 0 Å². The summed E-state index contributed by atoms with van der Waals surface area (Å²) in [6.45, 7) is 0.702. The van der Waals surface area contributed by atoms with Crippen LogP contribution in [0.1, 0.15) is 16.8 Å². The van der Waals surface area contributed by atoms with Gasteiger partial charge in [0.1, 0.15) is 5.82 Å². The highest BCUT2D eigenvalue weighted by atomic mass is 32.1. The van der Waals surface area contributed by atoms with Crippen molar-refractivity contribution >= 4 is 28.2 Å². The van der Waals surface area contributed by atoms with E-state index in [1.54, 1.807) is 11.3 Å². The van der Waals surface area contributed by atoms with Crippen LogP contribution >= 0.6 is 11.3 Å². The van der Waals surface area contributed by atoms with Crippen LogP contribution in [-0.4, -0.2) is 15.3 Å². The second kappa shape index (κ2) is 5.14. The maximum absolute atomic E-state index is 12.2. The highest BCUT2D eigenvalue weighted by Gasteiger charge is 2.23. The van der Waals surface area contributed by atoms with Crippen LogP contribution in [0.25, 0.3) is 33.5 Å². The number of aryl methyl sites for hydroxylation is 1. The SMILES string of the molecule is O=C1CCn2c(-c3ccc(-c4ccsc4)cc3)nc3cccc1c32. The third kappa shape index (κ3) is 1.96. The Labute approximate surface area is 143 Å². The summed E-state index contributed by atoms with van der Waals surface area (Å²) in [6, 6.07) is 16.5. The van der Waals surface area contributed by atoms with Crippen LogP contribution in [-0.2, 0) is 6.54 Å². The van der Waals surface area contributed by atoms with E-state index in [9.17, 15) is 4.79 Å². The quantitative estimate of drug-likeness (QED) is 0.517. The molecule has 4 heteroatoms. The van der Waals surface area contributed by atoms with Crippen LogP contribution in [0.3, 0.4) is 0 Å². The topological polar surface area (TPSA) is 34.9 Å². The van der Waals surface area contributed by atoms with E-state index in [-0.39, 0.29) is 5.78 Å². The Hall–Kier alpha value is -2.72. The minimum atomic E-state index is 0.215. The van der Waals surface area contributed by atoms with Crippen molar-refractivity contribution in [3.8, 4) is 22.5 Å². The Morgan fingerprint density at radius 3 is 2.58 bits per heavy atom. The molecule has 2 aromatic heterocycles. The monoisotopic (exact) mass is 330 g/mol. The van der Waals surface area contributed by atoms with Gasteiger partial charge in [-0.15, -0.1) is 0 Å². The Kier molecular flexibility index (Phi) is 2.94. The van der Waals surface area contributed by atoms with Crippen LogP contribution in [0.15, 0.2) is 59.3 Å². The number of hydrogen-bond acceptors (Lipinski definition) is 3. The molecule has 3 heterocycles. The molecule has 0 saturated carbocycles. The van der Waals surface area contributed by atoms with E-state index in [0.717, 1.165) is 28.0 Å². The van der Waals surface area contributed by atoms with Crippen molar-refractivity contribution < 1.29 is 4.79 Å². The summed E-state index contributed by atoms with van der Waals surface area (Å²) in [5.41, 5.74) is 6.22. The summed E-state index contributed by atoms with van der Waals surface area (Å²) in [5, 5.41) is 4.24. The molecule has 116 valence electrons. The second-order valence-corrected chi connectivity index (χ2v) is 6.80. The summed E-state index contributed by atoms with van der Waals surface area (Å²) in [5.74, 6) is 1.16. The van der Waals surface area contributed by atoms with Crippen LogP contribution in [0, 0.1) is 0 Å². The molecular weight excluding hydrogens is 316 g/mol. The minimum Gasteiger partial charge on any atom is -0.323 e. The normalized spacial score (nSPS) is 13.6. The van der Waals surface area contributed by atoms with Crippen molar-refractivity contribution in [1.82, 2.24) is 9.55 Å². The number of benzene rings is 2. The molecule has 0 saturated heterocycles. The zero-order valence-electron chi connectivity index (χ0n) is 12.9. The van der Waals surface area contributed by atoms with E-state index in [1.807, 2.05) is 18.2 Å². The Balaban J connectivity index is 1.67. The third-order valence-corrected chi connectivity index (χ3v) is 5.31. The lowest BCUT2D eigenvalue weighted by atomic mass is 10.0. The molecule has 24 heavy (non-hydrogen) atoms. The maximum Gasteiger partial charge on any atom is 0.166 e. The number of imidazole rings is 1. The van der Waals surface area contributed by atoms with Crippen molar-refractivity contribution in [2.24, 2.45) is 0 Å². The number of carbonyl (C=O) groups excluding carboxylic acids is 1. The number of ketones is 1. The summed E-state index contributed by atoms with van der Waals surface area (Å²) < 4.78 is 2.19. The number of aromatic nitrogens is 2.